The molecule has 2 bridgehead atoms. The van der Waals surface area contributed by atoms with Gasteiger partial charge in [0.05, 0.1) is 24.0 Å². The van der Waals surface area contributed by atoms with Crippen LogP contribution in [0.1, 0.15) is 29.7 Å². The minimum Gasteiger partial charge on any atom is -0.497 e. The third-order valence-corrected chi connectivity index (χ3v) is 11.6. The van der Waals surface area contributed by atoms with Gasteiger partial charge in [0.25, 0.3) is 0 Å². The number of ether oxygens (including phenoxy) is 1. The number of nitrogens with zero attached hydrogens (tertiary/aromatic N) is 1. The van der Waals surface area contributed by atoms with Crippen LogP contribution in [0.3, 0.4) is 0 Å². The van der Waals surface area contributed by atoms with Crippen LogP contribution in [0.5, 0.6) is 5.75 Å². The van der Waals surface area contributed by atoms with Gasteiger partial charge in [-0.3, -0.25) is 24.1 Å². The lowest BCUT2D eigenvalue weighted by Crippen LogP contribution is -2.46. The zero-order chi connectivity index (χ0) is 27.0. The molecule has 2 aliphatic heterocycles. The summed E-state index contributed by atoms with van der Waals surface area (Å²) in [6.07, 6.45) is 0.805. The number of hydrogen-bond donors (Lipinski definition) is 2. The normalized spacial score (nSPS) is 31.0. The standard InChI is InChI=1S/C29H27N3O5S2/c1-13(25(33)30-15-6-4-3-5-7-15)32-27(34)21-17-12-18(22(21)28(32)35)23-20(17)19(14-8-10-16(37-2)11-9-14)24-26(38-23)31-29(36)39-24/h3-11,13,17-23H,12H2,1-2H3,(H,30,33)(H,31,36). The van der Waals surface area contributed by atoms with E-state index in [2.05, 4.69) is 10.3 Å². The van der Waals surface area contributed by atoms with Crippen LogP contribution in [-0.2, 0) is 14.4 Å². The van der Waals surface area contributed by atoms with Gasteiger partial charge < -0.3 is 15.0 Å². The van der Waals surface area contributed by atoms with E-state index >= 15 is 0 Å². The number of fused-ring (bicyclic) bond motifs is 9. The van der Waals surface area contributed by atoms with Crippen molar-refractivity contribution in [3.05, 3.63) is 74.7 Å². The maximum atomic E-state index is 13.9. The molecule has 39 heavy (non-hydrogen) atoms. The van der Waals surface area contributed by atoms with Gasteiger partial charge in [0.15, 0.2) is 0 Å². The Hall–Kier alpha value is -3.37. The van der Waals surface area contributed by atoms with Crippen molar-refractivity contribution in [3.8, 4) is 5.75 Å². The molecule has 2 N–H and O–H groups in total. The van der Waals surface area contributed by atoms with Crippen LogP contribution in [-0.4, -0.2) is 46.0 Å². The van der Waals surface area contributed by atoms with E-state index in [0.717, 1.165) is 27.6 Å². The largest absolute Gasteiger partial charge is 0.497 e. The molecule has 3 amide bonds. The molecule has 4 aliphatic rings. The van der Waals surface area contributed by atoms with Gasteiger partial charge in [0, 0.05) is 21.7 Å². The molecule has 1 saturated heterocycles. The number of thioether (sulfide) groups is 1. The molecule has 3 fully saturated rings. The second kappa shape index (κ2) is 9.09. The fourth-order valence-electron chi connectivity index (χ4n) is 7.49. The second-order valence-corrected chi connectivity index (χ2v) is 13.0. The number of likely N-dealkylation sites (tertiary alicyclic amines) is 1. The van der Waals surface area contributed by atoms with Gasteiger partial charge in [-0.25, -0.2) is 0 Å². The van der Waals surface area contributed by atoms with Crippen LogP contribution in [0.15, 0.2) is 64.4 Å². The molecule has 1 aromatic heterocycles. The summed E-state index contributed by atoms with van der Waals surface area (Å²) in [7, 11) is 1.63. The summed E-state index contributed by atoms with van der Waals surface area (Å²) in [4.78, 5) is 58.3. The molecule has 8 atom stereocenters. The first-order valence-corrected chi connectivity index (χ1v) is 14.8. The zero-order valence-electron chi connectivity index (χ0n) is 21.3. The monoisotopic (exact) mass is 561 g/mol. The molecule has 7 rings (SSSR count). The predicted octanol–water partition coefficient (Wildman–Crippen LogP) is 3.95. The maximum absolute atomic E-state index is 13.9. The van der Waals surface area contributed by atoms with Gasteiger partial charge >= 0.3 is 4.87 Å². The summed E-state index contributed by atoms with van der Waals surface area (Å²) in [5, 5.41) is 3.81. The highest BCUT2D eigenvalue weighted by Crippen LogP contribution is 2.68. The van der Waals surface area contributed by atoms with E-state index in [9.17, 15) is 19.2 Å². The van der Waals surface area contributed by atoms with E-state index in [1.165, 1.54) is 16.2 Å². The predicted molar refractivity (Wildman–Crippen MR) is 148 cm³/mol. The molecule has 10 heteroatoms. The molecular weight excluding hydrogens is 534 g/mol. The van der Waals surface area contributed by atoms with E-state index in [-0.39, 0.29) is 51.5 Å². The van der Waals surface area contributed by atoms with Crippen LogP contribution in [0.4, 0.5) is 5.69 Å². The molecule has 2 saturated carbocycles. The molecule has 200 valence electrons. The number of rotatable bonds is 5. The van der Waals surface area contributed by atoms with Crippen molar-refractivity contribution in [2.24, 2.45) is 29.6 Å². The molecule has 8 unspecified atom stereocenters. The summed E-state index contributed by atoms with van der Waals surface area (Å²) in [6.45, 7) is 1.63. The topological polar surface area (TPSA) is 109 Å². The minimum absolute atomic E-state index is 0.000730. The second-order valence-electron chi connectivity index (χ2n) is 10.8. The highest BCUT2D eigenvalue weighted by molar-refractivity contribution is 8.00. The average molecular weight is 562 g/mol. The molecule has 2 aromatic carbocycles. The highest BCUT2D eigenvalue weighted by Gasteiger charge is 2.70. The van der Waals surface area contributed by atoms with Crippen molar-refractivity contribution in [2.75, 3.05) is 12.4 Å². The van der Waals surface area contributed by atoms with Crippen molar-refractivity contribution < 1.29 is 19.1 Å². The molecule has 2 aliphatic carbocycles. The molecule has 0 spiro atoms. The summed E-state index contributed by atoms with van der Waals surface area (Å²) in [5.41, 5.74) is 1.70. The minimum atomic E-state index is -0.903. The number of carbonyl (C=O) groups is 3. The number of anilines is 1. The fraction of sp³-hybridized carbons (Fsp3) is 0.379. The lowest BCUT2D eigenvalue weighted by molar-refractivity contribution is -0.146. The Morgan fingerprint density at radius 3 is 2.41 bits per heavy atom. The van der Waals surface area contributed by atoms with E-state index < -0.39 is 17.9 Å². The SMILES string of the molecule is COc1ccc(C2c3sc(=O)[nH]c3SC3C4CC(C5C(=O)N(C(C)C(=O)Nc6ccccc6)C(=O)C45)C23)cc1. The Bertz CT molecular complexity index is 1530. The van der Waals surface area contributed by atoms with Crippen molar-refractivity contribution in [3.63, 3.8) is 0 Å². The average Bonchev–Trinajstić information content (AvgIpc) is 3.67. The summed E-state index contributed by atoms with van der Waals surface area (Å²) >= 11 is 2.89. The van der Waals surface area contributed by atoms with Gasteiger partial charge in [-0.1, -0.05) is 41.7 Å². The number of amides is 3. The van der Waals surface area contributed by atoms with Gasteiger partial charge in [0.2, 0.25) is 17.7 Å². The lowest BCUT2D eigenvalue weighted by atomic mass is 9.68. The number of H-pyrrole nitrogens is 1. The fourth-order valence-corrected chi connectivity index (χ4v) is 10.4. The molecule has 0 radical (unpaired) electrons. The van der Waals surface area contributed by atoms with Crippen molar-refractivity contribution >= 4 is 46.5 Å². The van der Waals surface area contributed by atoms with Crippen molar-refractivity contribution in [2.45, 2.75) is 35.6 Å². The highest BCUT2D eigenvalue weighted by atomic mass is 32.2. The van der Waals surface area contributed by atoms with E-state index in [1.807, 2.05) is 42.5 Å². The van der Waals surface area contributed by atoms with Gasteiger partial charge in [-0.2, -0.15) is 0 Å². The van der Waals surface area contributed by atoms with Crippen LogP contribution >= 0.6 is 23.1 Å². The van der Waals surface area contributed by atoms with Crippen LogP contribution in [0.2, 0.25) is 0 Å². The number of methoxy groups -OCH3 is 1. The summed E-state index contributed by atoms with van der Waals surface area (Å²) in [6, 6.07) is 16.1. The number of aromatic nitrogens is 1. The number of benzene rings is 2. The first kappa shape index (κ1) is 24.7. The number of hydrogen-bond acceptors (Lipinski definition) is 7. The van der Waals surface area contributed by atoms with Crippen molar-refractivity contribution in [1.82, 2.24) is 9.88 Å². The van der Waals surface area contributed by atoms with E-state index in [4.69, 9.17) is 4.74 Å². The number of aromatic amines is 1. The third-order valence-electron chi connectivity index (χ3n) is 9.04. The Morgan fingerprint density at radius 1 is 1.03 bits per heavy atom. The Morgan fingerprint density at radius 2 is 1.72 bits per heavy atom. The van der Waals surface area contributed by atoms with Crippen LogP contribution in [0, 0.1) is 29.6 Å². The third kappa shape index (κ3) is 3.64. The Kier molecular flexibility index (Phi) is 5.75. The first-order chi connectivity index (χ1) is 18.9. The number of thiazole rings is 1. The molecule has 3 aromatic rings. The number of carbonyl (C=O) groups excluding carboxylic acids is 3. The Labute approximate surface area is 233 Å². The maximum Gasteiger partial charge on any atom is 0.305 e. The number of nitrogens with one attached hydrogen (secondary N) is 2. The number of imide groups is 1. The van der Waals surface area contributed by atoms with E-state index in [1.54, 1.807) is 37.9 Å². The molecule has 3 heterocycles. The van der Waals surface area contributed by atoms with Gasteiger partial charge in [0.1, 0.15) is 11.8 Å². The molecular formula is C29H27N3O5S2. The summed E-state index contributed by atoms with van der Waals surface area (Å²) in [5.74, 6) is -0.883. The van der Waals surface area contributed by atoms with E-state index in [0.29, 0.717) is 5.69 Å². The first-order valence-electron chi connectivity index (χ1n) is 13.1. The van der Waals surface area contributed by atoms with Crippen LogP contribution in [0.25, 0.3) is 0 Å². The quantitative estimate of drug-likeness (QED) is 0.457. The summed E-state index contributed by atoms with van der Waals surface area (Å²) < 4.78 is 5.36. The van der Waals surface area contributed by atoms with Crippen LogP contribution < -0.4 is 14.9 Å². The van der Waals surface area contributed by atoms with Gasteiger partial charge in [-0.05, 0) is 60.9 Å². The Balaban J connectivity index is 1.22. The van der Waals surface area contributed by atoms with Gasteiger partial charge in [-0.15, -0.1) is 11.8 Å². The lowest BCUT2D eigenvalue weighted by Gasteiger charge is -2.43. The van der Waals surface area contributed by atoms with Crippen molar-refractivity contribution in [1.29, 1.82) is 0 Å². The number of para-hydroxylation sites is 1. The molecule has 8 nitrogen and oxygen atoms in total. The zero-order valence-corrected chi connectivity index (χ0v) is 23.0. The smallest absolute Gasteiger partial charge is 0.305 e.